The molecule has 0 amide bonds. The van der Waals surface area contributed by atoms with Gasteiger partial charge in [0.05, 0.1) is 12.3 Å². The third kappa shape index (κ3) is 6.69. The highest BCUT2D eigenvalue weighted by molar-refractivity contribution is 6.32. The van der Waals surface area contributed by atoms with Crippen LogP contribution in [0.15, 0.2) is 103 Å². The number of hydrogen-bond acceptors (Lipinski definition) is 3. The van der Waals surface area contributed by atoms with Gasteiger partial charge in [-0.05, 0) is 90.9 Å². The maximum absolute atomic E-state index is 12.6. The number of anilines is 2. The van der Waals surface area contributed by atoms with Crippen molar-refractivity contribution in [1.29, 1.82) is 0 Å². The Morgan fingerprint density at radius 2 is 1.55 bits per heavy atom. The molecule has 0 aliphatic rings. The molecular weight excluding hydrogens is 544 g/mol. The van der Waals surface area contributed by atoms with Crippen LogP contribution in [0.2, 0.25) is 5.02 Å². The lowest BCUT2D eigenvalue weighted by Gasteiger charge is -2.26. The van der Waals surface area contributed by atoms with E-state index in [0.717, 1.165) is 49.8 Å². The van der Waals surface area contributed by atoms with Crippen molar-refractivity contribution in [3.63, 3.8) is 0 Å². The Morgan fingerprint density at radius 1 is 0.857 bits per heavy atom. The van der Waals surface area contributed by atoms with Gasteiger partial charge in [-0.15, -0.1) is 0 Å². The van der Waals surface area contributed by atoms with Gasteiger partial charge < -0.3 is 19.3 Å². The highest BCUT2D eigenvalue weighted by Gasteiger charge is 2.23. The van der Waals surface area contributed by atoms with Crippen molar-refractivity contribution in [3.05, 3.63) is 136 Å². The Morgan fingerprint density at radius 3 is 2.21 bits per heavy atom. The molecule has 0 fully saturated rings. The van der Waals surface area contributed by atoms with E-state index >= 15 is 0 Å². The first-order valence-electron chi connectivity index (χ1n) is 14.1. The van der Waals surface area contributed by atoms with Crippen LogP contribution in [0.5, 0.6) is 5.75 Å². The first kappa shape index (κ1) is 29.0. The van der Waals surface area contributed by atoms with Gasteiger partial charge in [-0.1, -0.05) is 78.3 Å². The Balaban J connectivity index is 1.37. The number of aryl methyl sites for hydroxylation is 4. The van der Waals surface area contributed by atoms with Crippen LogP contribution in [-0.4, -0.2) is 22.2 Å². The van der Waals surface area contributed by atoms with E-state index in [2.05, 4.69) is 47.4 Å². The Labute approximate surface area is 252 Å². The zero-order valence-electron chi connectivity index (χ0n) is 24.2. The summed E-state index contributed by atoms with van der Waals surface area (Å²) in [5.74, 6) is -0.193. The molecule has 5 aromatic rings. The number of aromatic nitrogens is 1. The minimum atomic E-state index is -0.961. The molecule has 0 unspecified atom stereocenters. The molecule has 0 spiro atoms. The molecule has 1 aromatic heterocycles. The zero-order chi connectivity index (χ0) is 29.6. The number of halogens is 1. The van der Waals surface area contributed by atoms with Crippen LogP contribution in [0.3, 0.4) is 0 Å². The quantitative estimate of drug-likeness (QED) is 0.159. The zero-order valence-corrected chi connectivity index (χ0v) is 24.9. The predicted molar refractivity (Wildman–Crippen MR) is 171 cm³/mol. The van der Waals surface area contributed by atoms with Gasteiger partial charge in [0.1, 0.15) is 5.75 Å². The molecule has 1 heterocycles. The van der Waals surface area contributed by atoms with Crippen LogP contribution in [0, 0.1) is 20.8 Å². The maximum Gasteiger partial charge on any atom is 0.354 e. The molecule has 0 atom stereocenters. The number of nitrogens with zero attached hydrogens (tertiary/aromatic N) is 2. The molecule has 5 nitrogen and oxygen atoms in total. The standard InChI is InChI=1S/C36H35ClN2O3/c1-25-9-7-12-31(21-25)39(24-28-13-15-30(16-14-28)29-10-5-4-6-11-29)33-17-19-38(35(33)36(40)41)18-8-20-42-32-22-26(2)34(37)27(3)23-32/h4-7,9-17,19,21-23H,8,18,20,24H2,1-3H3,(H,40,41). The lowest BCUT2D eigenvalue weighted by Crippen LogP contribution is -2.20. The summed E-state index contributed by atoms with van der Waals surface area (Å²) >= 11 is 6.28. The molecular formula is C36H35ClN2O3. The first-order chi connectivity index (χ1) is 20.3. The van der Waals surface area contributed by atoms with E-state index in [-0.39, 0.29) is 5.69 Å². The summed E-state index contributed by atoms with van der Waals surface area (Å²) in [6.45, 7) is 7.47. The van der Waals surface area contributed by atoms with E-state index in [0.29, 0.717) is 31.8 Å². The second kappa shape index (κ2) is 13.0. The van der Waals surface area contributed by atoms with Crippen molar-refractivity contribution in [2.75, 3.05) is 11.5 Å². The predicted octanol–water partition coefficient (Wildman–Crippen LogP) is 9.24. The molecule has 1 N–H and O–H groups in total. The monoisotopic (exact) mass is 578 g/mol. The topological polar surface area (TPSA) is 54.7 Å². The molecule has 4 aromatic carbocycles. The molecule has 42 heavy (non-hydrogen) atoms. The van der Waals surface area contributed by atoms with E-state index in [9.17, 15) is 9.90 Å². The van der Waals surface area contributed by atoms with Crippen LogP contribution in [0.25, 0.3) is 11.1 Å². The molecule has 0 aliphatic carbocycles. The number of carboxylic acid groups (broad SMARTS) is 1. The van der Waals surface area contributed by atoms with Gasteiger partial charge in [-0.25, -0.2) is 4.79 Å². The van der Waals surface area contributed by atoms with Crippen molar-refractivity contribution in [2.24, 2.45) is 0 Å². The first-order valence-corrected chi connectivity index (χ1v) is 14.5. The Hall–Kier alpha value is -4.48. The van der Waals surface area contributed by atoms with Crippen molar-refractivity contribution < 1.29 is 14.6 Å². The number of rotatable bonds is 11. The number of ether oxygens (including phenoxy) is 1. The van der Waals surface area contributed by atoms with E-state index < -0.39 is 5.97 Å². The molecule has 6 heteroatoms. The third-order valence-corrected chi connectivity index (χ3v) is 7.97. The fraction of sp³-hybridized carbons (Fsp3) is 0.194. The molecule has 0 saturated heterocycles. The van der Waals surface area contributed by atoms with Gasteiger partial charge in [0.25, 0.3) is 0 Å². The fourth-order valence-electron chi connectivity index (χ4n) is 5.24. The maximum atomic E-state index is 12.6. The van der Waals surface area contributed by atoms with Gasteiger partial charge in [0.15, 0.2) is 5.69 Å². The van der Waals surface area contributed by atoms with Gasteiger partial charge in [0, 0.05) is 30.0 Å². The van der Waals surface area contributed by atoms with Crippen LogP contribution < -0.4 is 9.64 Å². The molecule has 214 valence electrons. The van der Waals surface area contributed by atoms with Gasteiger partial charge in [-0.2, -0.15) is 0 Å². The van der Waals surface area contributed by atoms with Crippen molar-refractivity contribution in [2.45, 2.75) is 40.3 Å². The largest absolute Gasteiger partial charge is 0.494 e. The van der Waals surface area contributed by atoms with Gasteiger partial charge in [-0.3, -0.25) is 0 Å². The summed E-state index contributed by atoms with van der Waals surface area (Å²) in [5, 5.41) is 11.1. The SMILES string of the molecule is Cc1cccc(N(Cc2ccc(-c3ccccc3)cc2)c2ccn(CCCOc3cc(C)c(Cl)c(C)c3)c2C(=O)O)c1. The number of carbonyl (C=O) groups is 1. The van der Waals surface area contributed by atoms with Crippen molar-refractivity contribution in [1.82, 2.24) is 4.57 Å². The van der Waals surface area contributed by atoms with Crippen molar-refractivity contribution in [3.8, 4) is 16.9 Å². The van der Waals surface area contributed by atoms with E-state index in [1.807, 2.05) is 81.6 Å². The minimum absolute atomic E-state index is 0.260. The number of carboxylic acids is 1. The molecule has 0 radical (unpaired) electrons. The smallest absolute Gasteiger partial charge is 0.354 e. The van der Waals surface area contributed by atoms with E-state index in [4.69, 9.17) is 16.3 Å². The average molecular weight is 579 g/mol. The molecule has 0 saturated carbocycles. The second-order valence-electron chi connectivity index (χ2n) is 10.6. The van der Waals surface area contributed by atoms with E-state index in [1.165, 1.54) is 0 Å². The van der Waals surface area contributed by atoms with Gasteiger partial charge >= 0.3 is 5.97 Å². The van der Waals surface area contributed by atoms with Crippen LogP contribution in [-0.2, 0) is 13.1 Å². The minimum Gasteiger partial charge on any atom is -0.494 e. The second-order valence-corrected chi connectivity index (χ2v) is 11.0. The lowest BCUT2D eigenvalue weighted by molar-refractivity contribution is 0.0685. The van der Waals surface area contributed by atoms with Crippen molar-refractivity contribution >= 4 is 28.9 Å². The van der Waals surface area contributed by atoms with Gasteiger partial charge in [0.2, 0.25) is 0 Å². The third-order valence-electron chi connectivity index (χ3n) is 7.37. The van der Waals surface area contributed by atoms with Crippen LogP contribution in [0.4, 0.5) is 11.4 Å². The molecule has 0 aliphatic heterocycles. The Bertz CT molecular complexity index is 1650. The number of aromatic carboxylic acids is 1. The fourth-order valence-corrected chi connectivity index (χ4v) is 5.35. The summed E-state index contributed by atoms with van der Waals surface area (Å²) in [4.78, 5) is 14.7. The highest BCUT2D eigenvalue weighted by Crippen LogP contribution is 2.33. The number of benzene rings is 4. The summed E-state index contributed by atoms with van der Waals surface area (Å²) in [6.07, 6.45) is 2.51. The van der Waals surface area contributed by atoms with Crippen LogP contribution in [0.1, 0.15) is 39.2 Å². The Kier molecular flexibility index (Phi) is 8.99. The summed E-state index contributed by atoms with van der Waals surface area (Å²) < 4.78 is 7.78. The normalized spacial score (nSPS) is 11.0. The lowest BCUT2D eigenvalue weighted by atomic mass is 10.0. The summed E-state index contributed by atoms with van der Waals surface area (Å²) in [7, 11) is 0. The number of hydrogen-bond donors (Lipinski definition) is 1. The molecule has 0 bridgehead atoms. The van der Waals surface area contributed by atoms with Crippen LogP contribution >= 0.6 is 11.6 Å². The molecule has 5 rings (SSSR count). The summed E-state index contributed by atoms with van der Waals surface area (Å²) in [6, 6.07) is 32.6. The van der Waals surface area contributed by atoms with E-state index in [1.54, 1.807) is 4.57 Å². The highest BCUT2D eigenvalue weighted by atomic mass is 35.5. The average Bonchev–Trinajstić information content (AvgIpc) is 3.41. The summed E-state index contributed by atoms with van der Waals surface area (Å²) in [5.41, 5.74) is 8.31.